The summed E-state index contributed by atoms with van der Waals surface area (Å²) in [7, 11) is 1.98. The minimum absolute atomic E-state index is 0.913. The summed E-state index contributed by atoms with van der Waals surface area (Å²) in [4.78, 5) is 2.49. The second-order valence-electron chi connectivity index (χ2n) is 7.85. The zero-order valence-electron chi connectivity index (χ0n) is 16.9. The lowest BCUT2D eigenvalue weighted by Crippen LogP contribution is -2.30. The van der Waals surface area contributed by atoms with Gasteiger partial charge in [0.2, 0.25) is 0 Å². The summed E-state index contributed by atoms with van der Waals surface area (Å²) in [6, 6.07) is 19.2. The van der Waals surface area contributed by atoms with E-state index in [0.29, 0.717) is 0 Å². The fourth-order valence-electron chi connectivity index (χ4n) is 4.22. The van der Waals surface area contributed by atoms with Gasteiger partial charge in [-0.25, -0.2) is 0 Å². The number of nitrogens with zero attached hydrogens (tertiary/aromatic N) is 4. The van der Waals surface area contributed by atoms with Crippen LogP contribution in [0.5, 0.6) is 0 Å². The van der Waals surface area contributed by atoms with Crippen LogP contribution in [-0.2, 0) is 26.6 Å². The van der Waals surface area contributed by atoms with Crippen LogP contribution in [0.2, 0.25) is 0 Å². The van der Waals surface area contributed by atoms with Crippen molar-refractivity contribution in [2.24, 2.45) is 7.05 Å². The molecule has 3 heterocycles. The van der Waals surface area contributed by atoms with Gasteiger partial charge in [0, 0.05) is 61.7 Å². The Hall–Kier alpha value is -3.18. The Morgan fingerprint density at radius 1 is 0.966 bits per heavy atom. The van der Waals surface area contributed by atoms with Crippen LogP contribution >= 0.6 is 0 Å². The van der Waals surface area contributed by atoms with Gasteiger partial charge < -0.3 is 0 Å². The number of benzene rings is 2. The van der Waals surface area contributed by atoms with Gasteiger partial charge in [0.05, 0.1) is 11.4 Å². The van der Waals surface area contributed by atoms with E-state index in [4.69, 9.17) is 0 Å². The highest BCUT2D eigenvalue weighted by atomic mass is 15.3. The molecule has 0 saturated heterocycles. The Kier molecular flexibility index (Phi) is 4.52. The van der Waals surface area contributed by atoms with Crippen LogP contribution in [0.1, 0.15) is 22.5 Å². The third-order valence-corrected chi connectivity index (χ3v) is 5.79. The Labute approximate surface area is 171 Å². The fourth-order valence-corrected chi connectivity index (χ4v) is 4.22. The zero-order valence-corrected chi connectivity index (χ0v) is 16.9. The second kappa shape index (κ2) is 7.33. The van der Waals surface area contributed by atoms with E-state index < -0.39 is 0 Å². The lowest BCUT2D eigenvalue weighted by molar-refractivity contribution is 0.244. The molecule has 1 N–H and O–H groups in total. The molecule has 5 nitrogen and oxygen atoms in total. The van der Waals surface area contributed by atoms with Crippen molar-refractivity contribution in [3.05, 3.63) is 83.3 Å². The van der Waals surface area contributed by atoms with Crippen molar-refractivity contribution >= 4 is 0 Å². The molecule has 0 aliphatic carbocycles. The van der Waals surface area contributed by atoms with E-state index in [1.54, 1.807) is 0 Å². The molecule has 0 saturated carbocycles. The number of nitrogens with one attached hydrogen (secondary N) is 1. The molecule has 0 radical (unpaired) electrons. The first-order chi connectivity index (χ1) is 14.2. The summed E-state index contributed by atoms with van der Waals surface area (Å²) in [5.41, 5.74) is 9.72. The van der Waals surface area contributed by atoms with Gasteiger partial charge in [-0.3, -0.25) is 14.7 Å². The number of hydrogen-bond acceptors (Lipinski definition) is 3. The number of aromatic nitrogens is 4. The first-order valence-corrected chi connectivity index (χ1v) is 10.1. The largest absolute Gasteiger partial charge is 0.294 e. The van der Waals surface area contributed by atoms with Crippen molar-refractivity contribution < 1.29 is 0 Å². The molecule has 2 aromatic carbocycles. The van der Waals surface area contributed by atoms with Crippen LogP contribution in [0.15, 0.2) is 60.8 Å². The molecular formula is C24H25N5. The molecule has 29 heavy (non-hydrogen) atoms. The maximum atomic E-state index is 4.67. The molecule has 5 heteroatoms. The SMILES string of the molecule is Cc1nn(C)cc1CN1CCc2[nH]nc(-c3ccc(-c4ccccc4)cc3)c2C1. The number of aromatic amines is 1. The first-order valence-electron chi connectivity index (χ1n) is 10.1. The van der Waals surface area contributed by atoms with Gasteiger partial charge in [-0.05, 0) is 18.1 Å². The third-order valence-electron chi connectivity index (χ3n) is 5.79. The van der Waals surface area contributed by atoms with E-state index in [1.807, 2.05) is 17.8 Å². The van der Waals surface area contributed by atoms with Crippen molar-refractivity contribution in [2.45, 2.75) is 26.4 Å². The normalized spacial score (nSPS) is 14.1. The van der Waals surface area contributed by atoms with E-state index in [0.717, 1.165) is 37.4 Å². The minimum atomic E-state index is 0.913. The van der Waals surface area contributed by atoms with Gasteiger partial charge in [0.1, 0.15) is 0 Å². The first kappa shape index (κ1) is 17.9. The van der Waals surface area contributed by atoms with Crippen molar-refractivity contribution in [3.8, 4) is 22.4 Å². The highest BCUT2D eigenvalue weighted by Gasteiger charge is 2.23. The smallest absolute Gasteiger partial charge is 0.0968 e. The Bertz CT molecular complexity index is 1120. The average Bonchev–Trinajstić information content (AvgIpc) is 3.31. The highest BCUT2D eigenvalue weighted by Crippen LogP contribution is 2.30. The van der Waals surface area contributed by atoms with Crippen LogP contribution in [0.4, 0.5) is 0 Å². The summed E-state index contributed by atoms with van der Waals surface area (Å²) < 4.78 is 1.90. The maximum absolute atomic E-state index is 4.67. The van der Waals surface area contributed by atoms with Crippen molar-refractivity contribution in [1.29, 1.82) is 0 Å². The molecular weight excluding hydrogens is 358 g/mol. The molecule has 0 unspecified atom stereocenters. The molecule has 0 fully saturated rings. The van der Waals surface area contributed by atoms with E-state index in [-0.39, 0.29) is 0 Å². The standard InChI is InChI=1S/C24H25N5/c1-17-21(14-28(2)27-17)15-29-13-12-23-22(16-29)24(26-25-23)20-10-8-19(9-11-20)18-6-4-3-5-7-18/h3-11,14H,12-13,15-16H2,1-2H3,(H,25,26). The molecule has 2 aromatic heterocycles. The topological polar surface area (TPSA) is 49.7 Å². The van der Waals surface area contributed by atoms with Crippen molar-refractivity contribution in [2.75, 3.05) is 6.54 Å². The van der Waals surface area contributed by atoms with Gasteiger partial charge >= 0.3 is 0 Å². The van der Waals surface area contributed by atoms with Gasteiger partial charge in [0.25, 0.3) is 0 Å². The lowest BCUT2D eigenvalue weighted by Gasteiger charge is -2.26. The summed E-state index contributed by atoms with van der Waals surface area (Å²) in [6.45, 7) is 4.96. The fraction of sp³-hybridized carbons (Fsp3) is 0.250. The molecule has 1 aliphatic heterocycles. The summed E-state index contributed by atoms with van der Waals surface area (Å²) in [5, 5.41) is 12.4. The minimum Gasteiger partial charge on any atom is -0.294 e. The van der Waals surface area contributed by atoms with Gasteiger partial charge in [-0.2, -0.15) is 10.2 Å². The molecule has 0 spiro atoms. The summed E-state index contributed by atoms with van der Waals surface area (Å²) in [5.74, 6) is 0. The van der Waals surface area contributed by atoms with Gasteiger partial charge in [-0.1, -0.05) is 54.6 Å². The lowest BCUT2D eigenvalue weighted by atomic mass is 9.98. The molecule has 4 aromatic rings. The van der Waals surface area contributed by atoms with Crippen LogP contribution in [0.3, 0.4) is 0 Å². The number of rotatable bonds is 4. The number of aryl methyl sites for hydroxylation is 2. The van der Waals surface area contributed by atoms with Crippen LogP contribution in [0.25, 0.3) is 22.4 Å². The van der Waals surface area contributed by atoms with E-state index >= 15 is 0 Å². The van der Waals surface area contributed by atoms with Crippen molar-refractivity contribution in [3.63, 3.8) is 0 Å². The molecule has 0 amide bonds. The maximum Gasteiger partial charge on any atom is 0.0968 e. The highest BCUT2D eigenvalue weighted by molar-refractivity contribution is 5.70. The summed E-state index contributed by atoms with van der Waals surface area (Å²) in [6.07, 6.45) is 3.13. The Morgan fingerprint density at radius 3 is 2.41 bits per heavy atom. The third kappa shape index (κ3) is 3.49. The van der Waals surface area contributed by atoms with Crippen LogP contribution in [-0.4, -0.2) is 31.4 Å². The average molecular weight is 383 g/mol. The molecule has 0 bridgehead atoms. The van der Waals surface area contributed by atoms with Crippen molar-refractivity contribution in [1.82, 2.24) is 24.9 Å². The molecule has 146 valence electrons. The van der Waals surface area contributed by atoms with Crippen LogP contribution in [0, 0.1) is 6.92 Å². The predicted molar refractivity (Wildman–Crippen MR) is 115 cm³/mol. The quantitative estimate of drug-likeness (QED) is 0.570. The monoisotopic (exact) mass is 383 g/mol. The zero-order chi connectivity index (χ0) is 19.8. The molecule has 0 atom stereocenters. The number of H-pyrrole nitrogens is 1. The number of hydrogen-bond donors (Lipinski definition) is 1. The van der Waals surface area contributed by atoms with E-state index in [9.17, 15) is 0 Å². The Morgan fingerprint density at radius 2 is 1.69 bits per heavy atom. The molecule has 1 aliphatic rings. The molecule has 5 rings (SSSR count). The Balaban J connectivity index is 1.39. The second-order valence-corrected chi connectivity index (χ2v) is 7.85. The van der Waals surface area contributed by atoms with Gasteiger partial charge in [-0.15, -0.1) is 0 Å². The predicted octanol–water partition coefficient (Wildman–Crippen LogP) is 4.34. The van der Waals surface area contributed by atoms with E-state index in [1.165, 1.54) is 33.5 Å². The van der Waals surface area contributed by atoms with E-state index in [2.05, 4.69) is 81.8 Å². The number of fused-ring (bicyclic) bond motifs is 1. The van der Waals surface area contributed by atoms with Gasteiger partial charge in [0.15, 0.2) is 0 Å². The summed E-state index contributed by atoms with van der Waals surface area (Å²) >= 11 is 0. The van der Waals surface area contributed by atoms with Crippen LogP contribution < -0.4 is 0 Å².